The summed E-state index contributed by atoms with van der Waals surface area (Å²) in [4.78, 5) is 4.18. The van der Waals surface area contributed by atoms with Crippen molar-refractivity contribution in [3.8, 4) is 0 Å². The van der Waals surface area contributed by atoms with E-state index in [1.54, 1.807) is 14.0 Å². The molecule has 1 fully saturated rings. The van der Waals surface area contributed by atoms with Gasteiger partial charge in [0.15, 0.2) is 11.3 Å². The van der Waals surface area contributed by atoms with Gasteiger partial charge < -0.3 is 15.5 Å². The summed E-state index contributed by atoms with van der Waals surface area (Å²) in [6.45, 7) is 1.58. The first-order valence-corrected chi connectivity index (χ1v) is 6.94. The number of nitrogens with zero attached hydrogens (tertiary/aromatic N) is 1. The van der Waals surface area contributed by atoms with E-state index in [2.05, 4.69) is 10.3 Å². The molecule has 0 amide bonds. The highest BCUT2D eigenvalue weighted by Crippen LogP contribution is 2.46. The Hall–Kier alpha value is 0.0200. The zero-order valence-corrected chi connectivity index (χ0v) is 10.6. The van der Waals surface area contributed by atoms with Crippen LogP contribution in [0.15, 0.2) is 4.99 Å². The molecule has 1 saturated heterocycles. The van der Waals surface area contributed by atoms with Gasteiger partial charge in [0, 0.05) is 7.05 Å². The predicted octanol–water partition coefficient (Wildman–Crippen LogP) is 0.198. The second-order valence-electron chi connectivity index (χ2n) is 3.94. The highest BCUT2D eigenvalue weighted by Gasteiger charge is 2.49. The van der Waals surface area contributed by atoms with Gasteiger partial charge in [0.25, 0.3) is 0 Å². The molecular weight excluding hydrogens is 251 g/mol. The number of thioether (sulfide) groups is 2. The van der Waals surface area contributed by atoms with Gasteiger partial charge in [-0.1, -0.05) is 11.8 Å². The molecule has 0 aliphatic carbocycles. The van der Waals surface area contributed by atoms with E-state index < -0.39 is 29.7 Å². The number of rotatable bonds is 1. The SMILES string of the molecule is CNC1=N[C@H]2[C@@H](S1)S[C@H]([C@H](C)O)[C@@H](O)[C@@H]2F. The summed E-state index contributed by atoms with van der Waals surface area (Å²) in [7, 11) is 1.74. The summed E-state index contributed by atoms with van der Waals surface area (Å²) >= 11 is 2.87. The van der Waals surface area contributed by atoms with Gasteiger partial charge in [-0.25, -0.2) is 4.39 Å². The lowest BCUT2D eigenvalue weighted by Gasteiger charge is -2.37. The van der Waals surface area contributed by atoms with E-state index >= 15 is 0 Å². The second kappa shape index (κ2) is 4.72. The highest BCUT2D eigenvalue weighted by atomic mass is 32.2. The lowest BCUT2D eigenvalue weighted by molar-refractivity contribution is 0.0266. The van der Waals surface area contributed by atoms with Crippen molar-refractivity contribution in [3.63, 3.8) is 0 Å². The molecule has 0 aromatic heterocycles. The summed E-state index contributed by atoms with van der Waals surface area (Å²) in [6.07, 6.45) is -3.27. The quantitative estimate of drug-likeness (QED) is 0.633. The fourth-order valence-corrected chi connectivity index (χ4v) is 4.85. The first kappa shape index (κ1) is 12.5. The average molecular weight is 266 g/mol. The Balaban J connectivity index is 2.14. The number of aliphatic hydroxyl groups is 2. The summed E-state index contributed by atoms with van der Waals surface area (Å²) in [6, 6.07) is -0.512. The molecular formula is C9H15FN2O2S2. The number of fused-ring (bicyclic) bond motifs is 1. The van der Waals surface area contributed by atoms with Crippen molar-refractivity contribution in [2.45, 2.75) is 41.2 Å². The summed E-state index contributed by atoms with van der Waals surface area (Å²) in [5.41, 5.74) is 0. The van der Waals surface area contributed by atoms with Gasteiger partial charge in [-0.15, -0.1) is 11.8 Å². The topological polar surface area (TPSA) is 64.9 Å². The van der Waals surface area contributed by atoms with E-state index in [0.29, 0.717) is 5.17 Å². The first-order chi connectivity index (χ1) is 7.54. The van der Waals surface area contributed by atoms with Crippen LogP contribution in [0.4, 0.5) is 4.39 Å². The van der Waals surface area contributed by atoms with Gasteiger partial charge in [0.05, 0.1) is 15.9 Å². The number of hydrogen-bond acceptors (Lipinski definition) is 6. The lowest BCUT2D eigenvalue weighted by Crippen LogP contribution is -2.51. The third kappa shape index (κ3) is 2.05. The Morgan fingerprint density at radius 1 is 1.56 bits per heavy atom. The molecule has 0 unspecified atom stereocenters. The van der Waals surface area contributed by atoms with Crippen LogP contribution >= 0.6 is 23.5 Å². The molecule has 2 rings (SSSR count). The number of aliphatic imine (C=N–C) groups is 1. The van der Waals surface area contributed by atoms with Gasteiger partial charge in [-0.05, 0) is 6.92 Å². The minimum Gasteiger partial charge on any atom is -0.392 e. The maximum atomic E-state index is 13.9. The van der Waals surface area contributed by atoms with E-state index in [-0.39, 0.29) is 4.58 Å². The summed E-state index contributed by atoms with van der Waals surface area (Å²) in [5, 5.41) is 22.4. The molecule has 0 spiro atoms. The fourth-order valence-electron chi connectivity index (χ4n) is 1.88. The maximum Gasteiger partial charge on any atom is 0.157 e. The monoisotopic (exact) mass is 266 g/mol. The van der Waals surface area contributed by atoms with Crippen LogP contribution in [0.1, 0.15) is 6.92 Å². The highest BCUT2D eigenvalue weighted by molar-refractivity contribution is 8.25. The van der Waals surface area contributed by atoms with Crippen LogP contribution in [-0.2, 0) is 0 Å². The predicted molar refractivity (Wildman–Crippen MR) is 65.6 cm³/mol. The van der Waals surface area contributed by atoms with Crippen molar-refractivity contribution >= 4 is 28.7 Å². The molecule has 3 N–H and O–H groups in total. The Bertz CT molecular complexity index is 303. The van der Waals surface area contributed by atoms with E-state index in [1.165, 1.54) is 23.5 Å². The number of amidine groups is 1. The third-order valence-corrected chi connectivity index (χ3v) is 5.94. The van der Waals surface area contributed by atoms with Gasteiger partial charge >= 0.3 is 0 Å². The van der Waals surface area contributed by atoms with Crippen molar-refractivity contribution in [1.82, 2.24) is 5.32 Å². The van der Waals surface area contributed by atoms with Crippen LogP contribution in [0.2, 0.25) is 0 Å². The zero-order chi connectivity index (χ0) is 11.9. The minimum atomic E-state index is -1.40. The Labute approximate surface area is 102 Å². The molecule has 7 heteroatoms. The average Bonchev–Trinajstić information content (AvgIpc) is 2.66. The Morgan fingerprint density at radius 2 is 2.25 bits per heavy atom. The van der Waals surface area contributed by atoms with E-state index in [0.717, 1.165) is 0 Å². The maximum absolute atomic E-state index is 13.9. The van der Waals surface area contributed by atoms with Crippen molar-refractivity contribution < 1.29 is 14.6 Å². The second-order valence-corrected chi connectivity index (χ2v) is 6.69. The van der Waals surface area contributed by atoms with Gasteiger partial charge in [0.1, 0.15) is 12.1 Å². The van der Waals surface area contributed by atoms with Crippen LogP contribution in [0.3, 0.4) is 0 Å². The van der Waals surface area contributed by atoms with E-state index in [4.69, 9.17) is 0 Å². The molecule has 0 radical (unpaired) electrons. The normalized spacial score (nSPS) is 44.8. The number of aliphatic hydroxyl groups excluding tert-OH is 2. The van der Waals surface area contributed by atoms with Crippen LogP contribution in [0, 0.1) is 0 Å². The van der Waals surface area contributed by atoms with Crippen LogP contribution in [0.5, 0.6) is 0 Å². The molecule has 2 aliphatic rings. The number of halogens is 1. The number of alkyl halides is 1. The zero-order valence-electron chi connectivity index (χ0n) is 9.00. The molecule has 2 heterocycles. The first-order valence-electron chi connectivity index (χ1n) is 5.12. The van der Waals surface area contributed by atoms with Crippen molar-refractivity contribution in [2.24, 2.45) is 4.99 Å². The molecule has 0 aromatic rings. The van der Waals surface area contributed by atoms with Crippen LogP contribution < -0.4 is 5.32 Å². The van der Waals surface area contributed by atoms with Gasteiger partial charge in [0.2, 0.25) is 0 Å². The smallest absolute Gasteiger partial charge is 0.157 e. The molecule has 92 valence electrons. The van der Waals surface area contributed by atoms with Crippen molar-refractivity contribution in [3.05, 3.63) is 0 Å². The van der Waals surface area contributed by atoms with Crippen LogP contribution in [-0.4, -0.2) is 56.7 Å². The molecule has 0 bridgehead atoms. The van der Waals surface area contributed by atoms with E-state index in [1.807, 2.05) is 0 Å². The summed E-state index contributed by atoms with van der Waals surface area (Å²) < 4.78 is 13.9. The fraction of sp³-hybridized carbons (Fsp3) is 0.889. The minimum absolute atomic E-state index is 0.0551. The largest absolute Gasteiger partial charge is 0.392 e. The Kier molecular flexibility index (Phi) is 3.68. The standard InChI is InChI=1S/C9H15FN2O2S2/c1-3(13)7-6(14)4(10)5-8(15-7)16-9(11-2)12-5/h3-8,13-14H,1-2H3,(H,11,12)/t3-,4+,5+,6-,7+,8+/m0/s1. The molecule has 0 aromatic carbocycles. The lowest BCUT2D eigenvalue weighted by atomic mass is 10.0. The molecule has 4 nitrogen and oxygen atoms in total. The van der Waals surface area contributed by atoms with Gasteiger partial charge in [-0.3, -0.25) is 4.99 Å². The van der Waals surface area contributed by atoms with Crippen molar-refractivity contribution in [1.29, 1.82) is 0 Å². The molecule has 0 saturated carbocycles. The molecule has 16 heavy (non-hydrogen) atoms. The summed E-state index contributed by atoms with van der Waals surface area (Å²) in [5.74, 6) is 0. The van der Waals surface area contributed by atoms with E-state index in [9.17, 15) is 14.6 Å². The van der Waals surface area contributed by atoms with Crippen molar-refractivity contribution in [2.75, 3.05) is 7.05 Å². The molecule has 2 aliphatic heterocycles. The number of nitrogens with one attached hydrogen (secondary N) is 1. The van der Waals surface area contributed by atoms with Crippen LogP contribution in [0.25, 0.3) is 0 Å². The number of hydrogen-bond donors (Lipinski definition) is 3. The Morgan fingerprint density at radius 3 is 2.81 bits per heavy atom. The molecule has 6 atom stereocenters. The third-order valence-electron chi connectivity index (χ3n) is 2.74. The van der Waals surface area contributed by atoms with Gasteiger partial charge in [-0.2, -0.15) is 0 Å².